The van der Waals surface area contributed by atoms with Crippen LogP contribution in [0.25, 0.3) is 21.8 Å². The molecule has 0 saturated carbocycles. The number of hydrogen-bond donors (Lipinski definition) is 2. The van der Waals surface area contributed by atoms with E-state index in [1.54, 1.807) is 0 Å². The van der Waals surface area contributed by atoms with Crippen molar-refractivity contribution in [3.63, 3.8) is 0 Å². The van der Waals surface area contributed by atoms with E-state index in [2.05, 4.69) is 66.6 Å². The van der Waals surface area contributed by atoms with Gasteiger partial charge in [-0.1, -0.05) is 38.1 Å². The molecule has 110 valence electrons. The molecule has 0 unspecified atom stereocenters. The standard InChI is InChI=1S/C19H24N2/c1-19(2,13-20-3)11-10-14-8-9-18-16(12-14)15-6-4-5-7-17(15)21-18/h4-9,12,20-21H,10-11,13H2,1-3H3. The van der Waals surface area contributed by atoms with Crippen LogP contribution in [0.15, 0.2) is 42.5 Å². The predicted molar refractivity (Wildman–Crippen MR) is 91.8 cm³/mol. The lowest BCUT2D eigenvalue weighted by atomic mass is 9.86. The van der Waals surface area contributed by atoms with E-state index in [4.69, 9.17) is 0 Å². The number of para-hydroxylation sites is 1. The molecule has 21 heavy (non-hydrogen) atoms. The molecule has 1 heterocycles. The van der Waals surface area contributed by atoms with Gasteiger partial charge in [0.1, 0.15) is 0 Å². The zero-order valence-corrected chi connectivity index (χ0v) is 13.2. The summed E-state index contributed by atoms with van der Waals surface area (Å²) in [6, 6.07) is 15.4. The first kappa shape index (κ1) is 14.2. The van der Waals surface area contributed by atoms with Gasteiger partial charge in [0, 0.05) is 21.8 Å². The van der Waals surface area contributed by atoms with Gasteiger partial charge < -0.3 is 10.3 Å². The van der Waals surface area contributed by atoms with E-state index in [1.165, 1.54) is 33.8 Å². The van der Waals surface area contributed by atoms with Crippen molar-refractivity contribution in [2.24, 2.45) is 5.41 Å². The van der Waals surface area contributed by atoms with E-state index in [0.29, 0.717) is 5.41 Å². The van der Waals surface area contributed by atoms with E-state index in [0.717, 1.165) is 13.0 Å². The second-order valence-corrected chi connectivity index (χ2v) is 6.75. The quantitative estimate of drug-likeness (QED) is 0.707. The van der Waals surface area contributed by atoms with Gasteiger partial charge in [0.25, 0.3) is 0 Å². The zero-order valence-electron chi connectivity index (χ0n) is 13.2. The molecule has 3 aromatic rings. The minimum absolute atomic E-state index is 0.337. The molecular weight excluding hydrogens is 256 g/mol. The summed E-state index contributed by atoms with van der Waals surface area (Å²) in [5.74, 6) is 0. The lowest BCUT2D eigenvalue weighted by Gasteiger charge is -2.24. The Bertz CT molecular complexity index is 752. The number of aryl methyl sites for hydroxylation is 1. The van der Waals surface area contributed by atoms with Gasteiger partial charge in [-0.15, -0.1) is 0 Å². The number of rotatable bonds is 5. The van der Waals surface area contributed by atoms with Crippen LogP contribution in [0.3, 0.4) is 0 Å². The molecular formula is C19H24N2. The van der Waals surface area contributed by atoms with E-state index >= 15 is 0 Å². The Morgan fingerprint density at radius 2 is 1.76 bits per heavy atom. The van der Waals surface area contributed by atoms with E-state index in [9.17, 15) is 0 Å². The van der Waals surface area contributed by atoms with E-state index in [-0.39, 0.29) is 0 Å². The summed E-state index contributed by atoms with van der Waals surface area (Å²) in [5, 5.41) is 5.95. The van der Waals surface area contributed by atoms with Crippen LogP contribution in [0.2, 0.25) is 0 Å². The summed E-state index contributed by atoms with van der Waals surface area (Å²) < 4.78 is 0. The van der Waals surface area contributed by atoms with Gasteiger partial charge in [0.05, 0.1) is 0 Å². The van der Waals surface area contributed by atoms with Gasteiger partial charge in [-0.05, 0) is 55.6 Å². The highest BCUT2D eigenvalue weighted by Gasteiger charge is 2.16. The van der Waals surface area contributed by atoms with Gasteiger partial charge in [-0.3, -0.25) is 0 Å². The van der Waals surface area contributed by atoms with Crippen LogP contribution in [0.1, 0.15) is 25.8 Å². The van der Waals surface area contributed by atoms with Crippen LogP contribution >= 0.6 is 0 Å². The van der Waals surface area contributed by atoms with Crippen molar-refractivity contribution in [3.05, 3.63) is 48.0 Å². The first-order valence-corrected chi connectivity index (χ1v) is 7.73. The Hall–Kier alpha value is -1.80. The molecule has 0 aliphatic carbocycles. The smallest absolute Gasteiger partial charge is 0.0465 e. The second kappa shape index (κ2) is 5.53. The molecule has 0 radical (unpaired) electrons. The molecule has 0 saturated heterocycles. The molecule has 0 spiro atoms. The molecule has 0 amide bonds. The monoisotopic (exact) mass is 280 g/mol. The van der Waals surface area contributed by atoms with Crippen LogP contribution in [0.5, 0.6) is 0 Å². The first-order chi connectivity index (χ1) is 10.1. The molecule has 0 aliphatic heterocycles. The van der Waals surface area contributed by atoms with Crippen molar-refractivity contribution in [1.29, 1.82) is 0 Å². The number of nitrogens with one attached hydrogen (secondary N) is 2. The molecule has 1 aromatic heterocycles. The Balaban J connectivity index is 1.88. The molecule has 0 bridgehead atoms. The Labute approximate surface area is 126 Å². The van der Waals surface area contributed by atoms with Crippen LogP contribution in [0.4, 0.5) is 0 Å². The molecule has 0 atom stereocenters. The average Bonchev–Trinajstić information content (AvgIpc) is 2.83. The largest absolute Gasteiger partial charge is 0.355 e. The van der Waals surface area contributed by atoms with Gasteiger partial charge in [0.2, 0.25) is 0 Å². The highest BCUT2D eigenvalue weighted by atomic mass is 14.8. The number of benzene rings is 2. The maximum Gasteiger partial charge on any atom is 0.0465 e. The van der Waals surface area contributed by atoms with Crippen molar-refractivity contribution < 1.29 is 0 Å². The third-order valence-electron chi connectivity index (χ3n) is 4.32. The highest BCUT2D eigenvalue weighted by Crippen LogP contribution is 2.28. The number of fused-ring (bicyclic) bond motifs is 3. The fraction of sp³-hybridized carbons (Fsp3) is 0.368. The fourth-order valence-corrected chi connectivity index (χ4v) is 3.10. The Kier molecular flexibility index (Phi) is 3.73. The van der Waals surface area contributed by atoms with Crippen LogP contribution < -0.4 is 5.32 Å². The molecule has 2 heteroatoms. The van der Waals surface area contributed by atoms with Crippen LogP contribution in [0, 0.1) is 5.41 Å². The molecule has 0 fully saturated rings. The number of H-pyrrole nitrogens is 1. The van der Waals surface area contributed by atoms with Gasteiger partial charge in [0.15, 0.2) is 0 Å². The molecule has 2 aromatic carbocycles. The normalized spacial score (nSPS) is 12.3. The summed E-state index contributed by atoms with van der Waals surface area (Å²) >= 11 is 0. The van der Waals surface area contributed by atoms with Crippen LogP contribution in [-0.4, -0.2) is 18.6 Å². The Morgan fingerprint density at radius 1 is 1.00 bits per heavy atom. The minimum atomic E-state index is 0.337. The third kappa shape index (κ3) is 2.96. The van der Waals surface area contributed by atoms with Gasteiger partial charge in [-0.2, -0.15) is 0 Å². The third-order valence-corrected chi connectivity index (χ3v) is 4.32. The van der Waals surface area contributed by atoms with E-state index in [1.807, 2.05) is 7.05 Å². The van der Waals surface area contributed by atoms with Crippen molar-refractivity contribution in [2.45, 2.75) is 26.7 Å². The molecule has 0 aliphatic rings. The SMILES string of the molecule is CNCC(C)(C)CCc1ccc2[nH]c3ccccc3c2c1. The lowest BCUT2D eigenvalue weighted by Crippen LogP contribution is -2.27. The molecule has 2 nitrogen and oxygen atoms in total. The maximum atomic E-state index is 3.49. The lowest BCUT2D eigenvalue weighted by molar-refractivity contribution is 0.324. The predicted octanol–water partition coefficient (Wildman–Crippen LogP) is 4.50. The number of aromatic nitrogens is 1. The fourth-order valence-electron chi connectivity index (χ4n) is 3.10. The van der Waals surface area contributed by atoms with E-state index < -0.39 is 0 Å². The van der Waals surface area contributed by atoms with Crippen molar-refractivity contribution in [3.8, 4) is 0 Å². The highest BCUT2D eigenvalue weighted by molar-refractivity contribution is 6.07. The van der Waals surface area contributed by atoms with Gasteiger partial charge in [-0.25, -0.2) is 0 Å². The van der Waals surface area contributed by atoms with Crippen molar-refractivity contribution in [1.82, 2.24) is 10.3 Å². The Morgan fingerprint density at radius 3 is 2.57 bits per heavy atom. The minimum Gasteiger partial charge on any atom is -0.355 e. The summed E-state index contributed by atoms with van der Waals surface area (Å²) in [6.07, 6.45) is 2.33. The summed E-state index contributed by atoms with van der Waals surface area (Å²) in [7, 11) is 2.03. The first-order valence-electron chi connectivity index (χ1n) is 7.73. The average molecular weight is 280 g/mol. The number of aromatic amines is 1. The zero-order chi connectivity index (χ0) is 14.9. The van der Waals surface area contributed by atoms with Crippen LogP contribution in [-0.2, 0) is 6.42 Å². The second-order valence-electron chi connectivity index (χ2n) is 6.75. The number of hydrogen-bond acceptors (Lipinski definition) is 1. The van der Waals surface area contributed by atoms with Gasteiger partial charge >= 0.3 is 0 Å². The summed E-state index contributed by atoms with van der Waals surface area (Å²) in [6.45, 7) is 5.71. The summed E-state index contributed by atoms with van der Waals surface area (Å²) in [5.41, 5.74) is 4.22. The molecule has 2 N–H and O–H groups in total. The maximum absolute atomic E-state index is 3.49. The topological polar surface area (TPSA) is 27.8 Å². The summed E-state index contributed by atoms with van der Waals surface area (Å²) in [4.78, 5) is 3.49. The van der Waals surface area contributed by atoms with Crippen molar-refractivity contribution >= 4 is 21.8 Å². The van der Waals surface area contributed by atoms with Crippen molar-refractivity contribution in [2.75, 3.05) is 13.6 Å². The molecule has 3 rings (SSSR count).